The zero-order valence-corrected chi connectivity index (χ0v) is 26.5. The second kappa shape index (κ2) is 16.4. The molecule has 1 amide bonds. The van der Waals surface area contributed by atoms with E-state index in [1.165, 1.54) is 6.08 Å². The first-order valence-electron chi connectivity index (χ1n) is 15.7. The lowest BCUT2D eigenvalue weighted by atomic mass is 9.97. The summed E-state index contributed by atoms with van der Waals surface area (Å²) >= 11 is 0. The monoisotopic (exact) mass is 638 g/mol. The van der Waals surface area contributed by atoms with Gasteiger partial charge in [-0.2, -0.15) is 0 Å². The van der Waals surface area contributed by atoms with E-state index in [9.17, 15) is 20.1 Å². The van der Waals surface area contributed by atoms with Crippen LogP contribution in [0.3, 0.4) is 0 Å². The quantitative estimate of drug-likeness (QED) is 0.128. The van der Waals surface area contributed by atoms with E-state index in [2.05, 4.69) is 11.9 Å². The largest absolute Gasteiger partial charge is 0.508 e. The molecule has 9 nitrogen and oxygen atoms in total. The van der Waals surface area contributed by atoms with Gasteiger partial charge in [-0.25, -0.2) is 4.79 Å². The van der Waals surface area contributed by atoms with E-state index in [1.54, 1.807) is 24.3 Å². The van der Waals surface area contributed by atoms with Crippen molar-refractivity contribution in [2.75, 3.05) is 26.7 Å². The van der Waals surface area contributed by atoms with Gasteiger partial charge in [-0.15, -0.1) is 0 Å². The molecule has 5 rings (SSSR count). The fraction of sp³-hybridized carbons (Fsp3) is 0.289. The van der Waals surface area contributed by atoms with Gasteiger partial charge in [-0.3, -0.25) is 0 Å². The topological polar surface area (TPSA) is 121 Å². The molecule has 4 unspecified atom stereocenters. The summed E-state index contributed by atoms with van der Waals surface area (Å²) in [5.74, 6) is 0.116. The van der Waals surface area contributed by atoms with Gasteiger partial charge in [0.05, 0.1) is 24.9 Å². The van der Waals surface area contributed by atoms with Gasteiger partial charge in [-0.1, -0.05) is 97.6 Å². The molecule has 0 spiro atoms. The van der Waals surface area contributed by atoms with Crippen LogP contribution in [-0.4, -0.2) is 59.2 Å². The molecular weight excluding hydrogens is 596 g/mol. The first-order chi connectivity index (χ1) is 22.8. The second-order valence-corrected chi connectivity index (χ2v) is 11.7. The van der Waals surface area contributed by atoms with Crippen molar-refractivity contribution in [1.29, 1.82) is 0 Å². The Morgan fingerprint density at radius 2 is 1.77 bits per heavy atom. The maximum atomic E-state index is 12.0. The zero-order valence-electron chi connectivity index (χ0n) is 26.5. The number of rotatable bonds is 13. The van der Waals surface area contributed by atoms with Gasteiger partial charge in [-0.05, 0) is 52.6 Å². The van der Waals surface area contributed by atoms with Crippen LogP contribution in [0, 0.1) is 0 Å². The number of carbonyl (C=O) groups is 1. The lowest BCUT2D eigenvalue weighted by Crippen LogP contribution is -2.39. The number of amides is 1. The van der Waals surface area contributed by atoms with Crippen LogP contribution < -0.4 is 5.32 Å². The number of aliphatic hydroxyl groups is 2. The standard InChI is InChI=1S/C38H42N2O7/c1-3-19-45-38(44)39-22-31-7-4-5-10-34(31)27-15-17-29(18-16-27)37-46-33(21-36(47-37)28-13-11-26(25-41)12-14-28)23-40(2)24-35(43)30-8-6-9-32(42)20-30/h3-18,20,33,35-37,41-43H,1,19,21-25H2,2H3,(H,39,44). The fourth-order valence-corrected chi connectivity index (χ4v) is 5.72. The van der Waals surface area contributed by atoms with Gasteiger partial charge in [0.15, 0.2) is 6.29 Å². The number of likely N-dealkylation sites (N-methyl/N-ethyl adjacent to an activating group) is 1. The number of phenolic OH excluding ortho intramolecular Hbond substituents is 1. The van der Waals surface area contributed by atoms with Crippen LogP contribution in [0.1, 0.15) is 52.7 Å². The first-order valence-corrected chi connectivity index (χ1v) is 15.7. The Morgan fingerprint density at radius 3 is 2.49 bits per heavy atom. The van der Waals surface area contributed by atoms with Crippen molar-refractivity contribution >= 4 is 6.09 Å². The Balaban J connectivity index is 1.31. The average Bonchev–Trinajstić information content (AvgIpc) is 3.10. The lowest BCUT2D eigenvalue weighted by molar-refractivity contribution is -0.252. The average molecular weight is 639 g/mol. The van der Waals surface area contributed by atoms with Crippen LogP contribution in [-0.2, 0) is 27.4 Å². The van der Waals surface area contributed by atoms with E-state index in [1.807, 2.05) is 84.7 Å². The number of nitrogens with zero attached hydrogens (tertiary/aromatic N) is 1. The fourth-order valence-electron chi connectivity index (χ4n) is 5.72. The number of alkyl carbamates (subject to hydrolysis) is 1. The maximum absolute atomic E-state index is 12.0. The molecule has 1 aliphatic heterocycles. The first kappa shape index (κ1) is 33.8. The zero-order chi connectivity index (χ0) is 33.2. The highest BCUT2D eigenvalue weighted by molar-refractivity contribution is 5.70. The van der Waals surface area contributed by atoms with Crippen LogP contribution in [0.4, 0.5) is 4.79 Å². The van der Waals surface area contributed by atoms with E-state index in [0.29, 0.717) is 31.6 Å². The van der Waals surface area contributed by atoms with Gasteiger partial charge >= 0.3 is 6.09 Å². The molecule has 1 heterocycles. The van der Waals surface area contributed by atoms with Gasteiger partial charge in [0.1, 0.15) is 12.4 Å². The number of nitrogens with one attached hydrogen (secondary N) is 1. The van der Waals surface area contributed by atoms with E-state index in [0.717, 1.165) is 33.4 Å². The molecule has 47 heavy (non-hydrogen) atoms. The summed E-state index contributed by atoms with van der Waals surface area (Å²) in [5, 5.41) is 33.0. The molecular formula is C38H42N2O7. The van der Waals surface area contributed by atoms with E-state index < -0.39 is 18.5 Å². The molecule has 4 N–H and O–H groups in total. The third-order valence-electron chi connectivity index (χ3n) is 8.14. The number of phenols is 1. The predicted molar refractivity (Wildman–Crippen MR) is 179 cm³/mol. The number of aromatic hydroxyl groups is 1. The van der Waals surface area contributed by atoms with Gasteiger partial charge in [0, 0.05) is 31.6 Å². The Labute approximate surface area is 275 Å². The van der Waals surface area contributed by atoms with Crippen molar-refractivity contribution in [1.82, 2.24) is 10.2 Å². The highest BCUT2D eigenvalue weighted by Gasteiger charge is 2.33. The molecule has 1 aliphatic rings. The number of hydrogen-bond donors (Lipinski definition) is 4. The molecule has 0 aromatic heterocycles. The molecule has 0 radical (unpaired) electrons. The van der Waals surface area contributed by atoms with Crippen molar-refractivity contribution in [2.24, 2.45) is 0 Å². The van der Waals surface area contributed by atoms with Crippen LogP contribution in [0.5, 0.6) is 5.75 Å². The highest BCUT2D eigenvalue weighted by atomic mass is 16.7. The van der Waals surface area contributed by atoms with Crippen molar-refractivity contribution in [3.05, 3.63) is 138 Å². The molecule has 246 valence electrons. The summed E-state index contributed by atoms with van der Waals surface area (Å²) in [5.41, 5.74) is 6.25. The normalized spacial score (nSPS) is 18.4. The van der Waals surface area contributed by atoms with E-state index >= 15 is 0 Å². The van der Waals surface area contributed by atoms with E-state index in [4.69, 9.17) is 14.2 Å². The van der Waals surface area contributed by atoms with Crippen LogP contribution in [0.25, 0.3) is 11.1 Å². The molecule has 4 aromatic rings. The number of hydrogen-bond acceptors (Lipinski definition) is 8. The third kappa shape index (κ3) is 9.28. The Morgan fingerprint density at radius 1 is 1.02 bits per heavy atom. The minimum atomic E-state index is -0.770. The van der Waals surface area contributed by atoms with Crippen molar-refractivity contribution < 1.29 is 34.3 Å². The summed E-state index contributed by atoms with van der Waals surface area (Å²) in [6, 6.07) is 30.3. The number of carbonyl (C=O) groups excluding carboxylic acids is 1. The molecule has 0 bridgehead atoms. The molecule has 0 saturated carbocycles. The lowest BCUT2D eigenvalue weighted by Gasteiger charge is -2.38. The third-order valence-corrected chi connectivity index (χ3v) is 8.14. The Bertz CT molecular complexity index is 1610. The number of benzene rings is 4. The van der Waals surface area contributed by atoms with Gasteiger partial charge in [0.25, 0.3) is 0 Å². The SMILES string of the molecule is C=CCOC(=O)NCc1ccccc1-c1ccc(C2OC(CN(C)CC(O)c3cccc(O)c3)CC(c3ccc(CO)cc3)O2)cc1. The van der Waals surface area contributed by atoms with Crippen LogP contribution in [0.2, 0.25) is 0 Å². The second-order valence-electron chi connectivity index (χ2n) is 11.7. The minimum absolute atomic E-state index is 0.0303. The van der Waals surface area contributed by atoms with Gasteiger partial charge in [0.2, 0.25) is 0 Å². The predicted octanol–water partition coefficient (Wildman–Crippen LogP) is 6.17. The minimum Gasteiger partial charge on any atom is -0.508 e. The highest BCUT2D eigenvalue weighted by Crippen LogP contribution is 2.39. The summed E-state index contributed by atoms with van der Waals surface area (Å²) in [6.07, 6.45) is -0.230. The van der Waals surface area contributed by atoms with Crippen molar-refractivity contribution in [2.45, 2.75) is 44.2 Å². The molecule has 4 atom stereocenters. The van der Waals surface area contributed by atoms with Crippen LogP contribution in [0.15, 0.2) is 110 Å². The molecule has 0 aliphatic carbocycles. The maximum Gasteiger partial charge on any atom is 0.407 e. The smallest absolute Gasteiger partial charge is 0.407 e. The summed E-state index contributed by atoms with van der Waals surface area (Å²) in [4.78, 5) is 14.0. The van der Waals surface area contributed by atoms with Crippen molar-refractivity contribution in [3.63, 3.8) is 0 Å². The number of ether oxygens (including phenoxy) is 3. The van der Waals surface area contributed by atoms with Gasteiger partial charge < -0.3 is 39.7 Å². The Hall–Kier alpha value is -4.51. The summed E-state index contributed by atoms with van der Waals surface area (Å²) < 4.78 is 18.1. The molecule has 1 saturated heterocycles. The summed E-state index contributed by atoms with van der Waals surface area (Å²) in [7, 11) is 1.94. The number of aliphatic hydroxyl groups excluding tert-OH is 2. The van der Waals surface area contributed by atoms with Crippen LogP contribution >= 0.6 is 0 Å². The summed E-state index contributed by atoms with van der Waals surface area (Å²) in [6.45, 7) is 4.90. The van der Waals surface area contributed by atoms with Crippen molar-refractivity contribution in [3.8, 4) is 16.9 Å². The molecule has 1 fully saturated rings. The van der Waals surface area contributed by atoms with E-state index in [-0.39, 0.29) is 31.2 Å². The molecule has 9 heteroatoms. The Kier molecular flexibility index (Phi) is 11.8. The molecule has 4 aromatic carbocycles.